The number of aromatic nitrogens is 1. The van der Waals surface area contributed by atoms with Crippen LogP contribution in [0.2, 0.25) is 0 Å². The Bertz CT molecular complexity index is 1200. The van der Waals surface area contributed by atoms with Crippen molar-refractivity contribution in [2.75, 3.05) is 0 Å². The first-order valence-electron chi connectivity index (χ1n) is 10.9. The minimum atomic E-state index is -0.429. The zero-order valence-electron chi connectivity index (χ0n) is 18.6. The van der Waals surface area contributed by atoms with Crippen molar-refractivity contribution < 1.29 is 9.31 Å². The number of nitrogens with zero attached hydrogens (tertiary/aromatic N) is 1. The lowest BCUT2D eigenvalue weighted by atomic mass is 9.75. The van der Waals surface area contributed by atoms with E-state index in [9.17, 15) is 0 Å². The number of rotatable bonds is 4. The van der Waals surface area contributed by atoms with Crippen LogP contribution in [0.15, 0.2) is 84.9 Å². The van der Waals surface area contributed by atoms with Crippen LogP contribution in [-0.2, 0) is 15.9 Å². The normalized spacial score (nSPS) is 17.4. The van der Waals surface area contributed by atoms with Crippen molar-refractivity contribution in [3.05, 3.63) is 90.5 Å². The molecule has 4 heteroatoms. The van der Waals surface area contributed by atoms with Gasteiger partial charge in [0.15, 0.2) is 0 Å². The average Bonchev–Trinajstić information content (AvgIpc) is 3.19. The van der Waals surface area contributed by atoms with Crippen LogP contribution in [0.1, 0.15) is 33.3 Å². The molecule has 4 aromatic rings. The van der Waals surface area contributed by atoms with Crippen molar-refractivity contribution in [1.82, 2.24) is 4.57 Å². The van der Waals surface area contributed by atoms with E-state index in [0.29, 0.717) is 0 Å². The van der Waals surface area contributed by atoms with E-state index in [4.69, 9.17) is 9.31 Å². The molecule has 1 saturated heterocycles. The van der Waals surface area contributed by atoms with Gasteiger partial charge in [-0.1, -0.05) is 78.9 Å². The van der Waals surface area contributed by atoms with Crippen LogP contribution >= 0.6 is 0 Å². The topological polar surface area (TPSA) is 23.4 Å². The maximum Gasteiger partial charge on any atom is 0.497 e. The molecule has 1 fully saturated rings. The summed E-state index contributed by atoms with van der Waals surface area (Å²) in [6.07, 6.45) is 0. The maximum atomic E-state index is 6.55. The first kappa shape index (κ1) is 20.1. The van der Waals surface area contributed by atoms with Gasteiger partial charge in [0.2, 0.25) is 0 Å². The summed E-state index contributed by atoms with van der Waals surface area (Å²) in [6, 6.07) is 29.8. The van der Waals surface area contributed by atoms with Crippen LogP contribution in [0.25, 0.3) is 22.2 Å². The molecule has 31 heavy (non-hydrogen) atoms. The van der Waals surface area contributed by atoms with Gasteiger partial charge in [0, 0.05) is 28.6 Å². The Hall–Kier alpha value is -2.82. The second-order valence-electron chi connectivity index (χ2n) is 9.31. The van der Waals surface area contributed by atoms with Gasteiger partial charge >= 0.3 is 7.12 Å². The highest BCUT2D eigenvalue weighted by Crippen LogP contribution is 2.39. The first-order valence-corrected chi connectivity index (χ1v) is 10.9. The minimum Gasteiger partial charge on any atom is -0.399 e. The van der Waals surface area contributed by atoms with Crippen molar-refractivity contribution in [3.8, 4) is 11.3 Å². The number of benzene rings is 3. The van der Waals surface area contributed by atoms with Crippen molar-refractivity contribution >= 4 is 23.5 Å². The lowest BCUT2D eigenvalue weighted by Crippen LogP contribution is -2.41. The van der Waals surface area contributed by atoms with Crippen LogP contribution in [-0.4, -0.2) is 22.9 Å². The Balaban J connectivity index is 1.77. The molecule has 5 rings (SSSR count). The fraction of sp³-hybridized carbons (Fsp3) is 0.259. The summed E-state index contributed by atoms with van der Waals surface area (Å²) in [7, 11) is -0.429. The van der Waals surface area contributed by atoms with Crippen molar-refractivity contribution in [3.63, 3.8) is 0 Å². The van der Waals surface area contributed by atoms with E-state index < -0.39 is 18.3 Å². The Labute approximate surface area is 184 Å². The van der Waals surface area contributed by atoms with E-state index >= 15 is 0 Å². The molecule has 0 amide bonds. The summed E-state index contributed by atoms with van der Waals surface area (Å²) in [4.78, 5) is 0. The van der Waals surface area contributed by atoms with Crippen molar-refractivity contribution in [2.24, 2.45) is 0 Å². The summed E-state index contributed by atoms with van der Waals surface area (Å²) >= 11 is 0. The fourth-order valence-corrected chi connectivity index (χ4v) is 4.37. The zero-order chi connectivity index (χ0) is 21.6. The van der Waals surface area contributed by atoms with E-state index in [2.05, 4.69) is 117 Å². The van der Waals surface area contributed by atoms with E-state index in [-0.39, 0.29) is 0 Å². The summed E-state index contributed by atoms with van der Waals surface area (Å²) in [5, 5.41) is 1.18. The third-order valence-corrected chi connectivity index (χ3v) is 6.73. The molecule has 0 spiro atoms. The zero-order valence-corrected chi connectivity index (χ0v) is 18.6. The monoisotopic (exact) mass is 409 g/mol. The lowest BCUT2D eigenvalue weighted by molar-refractivity contribution is 0.00578. The minimum absolute atomic E-state index is 0.395. The third kappa shape index (κ3) is 3.40. The van der Waals surface area contributed by atoms with Crippen LogP contribution in [0.4, 0.5) is 0 Å². The molecule has 2 heterocycles. The quantitative estimate of drug-likeness (QED) is 0.407. The Morgan fingerprint density at radius 2 is 1.26 bits per heavy atom. The Kier molecular flexibility index (Phi) is 4.80. The van der Waals surface area contributed by atoms with Gasteiger partial charge in [-0.2, -0.15) is 0 Å². The SMILES string of the molecule is CC1(C)OB(c2c(-c3ccccc3)n(Cc3ccccc3)c3ccccc23)OC1(C)C. The van der Waals surface area contributed by atoms with Gasteiger partial charge in [0.25, 0.3) is 0 Å². The van der Waals surface area contributed by atoms with Gasteiger partial charge in [-0.25, -0.2) is 0 Å². The molecule has 0 bridgehead atoms. The average molecular weight is 409 g/mol. The number of hydrogen-bond donors (Lipinski definition) is 0. The predicted octanol–water partition coefficient (Wildman–Crippen LogP) is 5.66. The van der Waals surface area contributed by atoms with E-state index in [1.165, 1.54) is 22.0 Å². The van der Waals surface area contributed by atoms with Gasteiger partial charge in [-0.15, -0.1) is 0 Å². The smallest absolute Gasteiger partial charge is 0.399 e. The molecule has 3 aromatic carbocycles. The largest absolute Gasteiger partial charge is 0.497 e. The molecule has 1 aliphatic rings. The summed E-state index contributed by atoms with van der Waals surface area (Å²) in [5.74, 6) is 0. The lowest BCUT2D eigenvalue weighted by Gasteiger charge is -2.32. The highest BCUT2D eigenvalue weighted by molar-refractivity contribution is 6.67. The number of hydrogen-bond acceptors (Lipinski definition) is 2. The van der Waals surface area contributed by atoms with Crippen LogP contribution < -0.4 is 5.46 Å². The van der Waals surface area contributed by atoms with E-state index in [1.807, 2.05) is 0 Å². The molecular weight excluding hydrogens is 381 g/mol. The van der Waals surface area contributed by atoms with Gasteiger partial charge in [-0.05, 0) is 44.9 Å². The molecular formula is C27H28BNO2. The Morgan fingerprint density at radius 1 is 0.710 bits per heavy atom. The standard InChI is InChI=1S/C27H28BNO2/c1-26(2)27(3,4)31-28(30-26)24-22-17-11-12-18-23(22)29(19-20-13-7-5-8-14-20)25(24)21-15-9-6-10-16-21/h5-18H,19H2,1-4H3. The Morgan fingerprint density at radius 3 is 1.90 bits per heavy atom. The van der Waals surface area contributed by atoms with Crippen LogP contribution in [0, 0.1) is 0 Å². The van der Waals surface area contributed by atoms with Crippen molar-refractivity contribution in [2.45, 2.75) is 45.4 Å². The highest BCUT2D eigenvalue weighted by atomic mass is 16.7. The van der Waals surface area contributed by atoms with Crippen LogP contribution in [0.5, 0.6) is 0 Å². The molecule has 0 saturated carbocycles. The predicted molar refractivity (Wildman–Crippen MR) is 129 cm³/mol. The molecule has 0 radical (unpaired) electrons. The van der Waals surface area contributed by atoms with Gasteiger partial charge < -0.3 is 13.9 Å². The molecule has 0 unspecified atom stereocenters. The first-order chi connectivity index (χ1) is 14.9. The second kappa shape index (κ2) is 7.40. The van der Waals surface area contributed by atoms with Gasteiger partial charge in [0.05, 0.1) is 11.2 Å². The maximum absolute atomic E-state index is 6.55. The number of fused-ring (bicyclic) bond motifs is 1. The second-order valence-corrected chi connectivity index (χ2v) is 9.31. The summed E-state index contributed by atoms with van der Waals surface area (Å²) < 4.78 is 15.5. The molecule has 1 aromatic heterocycles. The van der Waals surface area contributed by atoms with E-state index in [1.54, 1.807) is 0 Å². The molecule has 0 aliphatic carbocycles. The van der Waals surface area contributed by atoms with Gasteiger partial charge in [-0.3, -0.25) is 0 Å². The molecule has 3 nitrogen and oxygen atoms in total. The van der Waals surface area contributed by atoms with Gasteiger partial charge in [0.1, 0.15) is 0 Å². The third-order valence-electron chi connectivity index (χ3n) is 6.73. The number of para-hydroxylation sites is 1. The fourth-order valence-electron chi connectivity index (χ4n) is 4.37. The molecule has 156 valence electrons. The molecule has 0 N–H and O–H groups in total. The van der Waals surface area contributed by atoms with Crippen LogP contribution in [0.3, 0.4) is 0 Å². The molecule has 0 atom stereocenters. The summed E-state index contributed by atoms with van der Waals surface area (Å²) in [6.45, 7) is 9.22. The van der Waals surface area contributed by atoms with Crippen molar-refractivity contribution in [1.29, 1.82) is 0 Å². The molecule has 1 aliphatic heterocycles. The summed E-state index contributed by atoms with van der Waals surface area (Å²) in [5.41, 5.74) is 5.10. The van der Waals surface area contributed by atoms with E-state index in [0.717, 1.165) is 17.7 Å². The highest BCUT2D eigenvalue weighted by Gasteiger charge is 2.53.